The topological polar surface area (TPSA) is 110 Å². The Hall–Kier alpha value is -2.46. The van der Waals surface area contributed by atoms with Crippen molar-refractivity contribution in [2.75, 3.05) is 5.32 Å². The van der Waals surface area contributed by atoms with Gasteiger partial charge in [-0.15, -0.1) is 5.10 Å². The van der Waals surface area contributed by atoms with Crippen molar-refractivity contribution in [3.8, 4) is 5.75 Å². The fourth-order valence-electron chi connectivity index (χ4n) is 1.55. The van der Waals surface area contributed by atoms with Crippen LogP contribution in [-0.2, 0) is 0 Å². The van der Waals surface area contributed by atoms with E-state index < -0.39 is 34.0 Å². The number of anilines is 1. The maximum atomic E-state index is 12.1. The van der Waals surface area contributed by atoms with Gasteiger partial charge in [-0.05, 0) is 23.1 Å². The molecule has 0 saturated carbocycles. The monoisotopic (exact) mass is 366 g/mol. The summed E-state index contributed by atoms with van der Waals surface area (Å²) in [6, 6.07) is 3.53. The Morgan fingerprint density at radius 3 is 2.65 bits per heavy atom. The number of hydrogen-bond acceptors (Lipinski definition) is 5. The quantitative estimate of drug-likeness (QED) is 0.621. The van der Waals surface area contributed by atoms with Gasteiger partial charge in [-0.25, -0.2) is 0 Å². The smallest absolute Gasteiger partial charge is 0.387 e. The van der Waals surface area contributed by atoms with Crippen LogP contribution >= 0.6 is 23.2 Å². The summed E-state index contributed by atoms with van der Waals surface area (Å²) in [5.41, 5.74) is -0.272. The first-order valence-corrected chi connectivity index (χ1v) is 6.49. The summed E-state index contributed by atoms with van der Waals surface area (Å²) >= 11 is 11.4. The fourth-order valence-corrected chi connectivity index (χ4v) is 2.02. The van der Waals surface area contributed by atoms with Gasteiger partial charge in [0.25, 0.3) is 5.91 Å². The summed E-state index contributed by atoms with van der Waals surface area (Å²) in [6.45, 7) is -3.05. The molecule has 2 aromatic rings. The number of nitrogens with zero attached hydrogens (tertiary/aromatic N) is 2. The van der Waals surface area contributed by atoms with Crippen LogP contribution in [-0.4, -0.2) is 27.6 Å². The van der Waals surface area contributed by atoms with Crippen LogP contribution in [0.5, 0.6) is 5.75 Å². The molecular weight excluding hydrogens is 361 g/mol. The van der Waals surface area contributed by atoms with Crippen LogP contribution in [0.2, 0.25) is 10.0 Å². The fraction of sp³-hybridized carbons (Fsp3) is 0.0909. The van der Waals surface area contributed by atoms with Gasteiger partial charge in [0, 0.05) is 5.69 Å². The molecule has 1 amide bonds. The van der Waals surface area contributed by atoms with Crippen molar-refractivity contribution in [1.82, 2.24) is 10.2 Å². The third kappa shape index (κ3) is 3.85. The van der Waals surface area contributed by atoms with Crippen LogP contribution in [0.3, 0.4) is 0 Å². The van der Waals surface area contributed by atoms with E-state index in [2.05, 4.69) is 15.2 Å². The molecule has 0 saturated heterocycles. The van der Waals surface area contributed by atoms with Gasteiger partial charge in [0.1, 0.15) is 5.75 Å². The lowest BCUT2D eigenvalue weighted by Gasteiger charge is -2.08. The van der Waals surface area contributed by atoms with E-state index in [0.29, 0.717) is 0 Å². The molecule has 2 N–H and O–H groups in total. The molecule has 0 aliphatic carbocycles. The van der Waals surface area contributed by atoms with Gasteiger partial charge in [0.2, 0.25) is 0 Å². The molecule has 1 aromatic carbocycles. The standard InChI is InChI=1S/C11H6Cl2F2N4O4/c12-5-3-4(1-2-6(5)23-11(14)15)16-10(20)8-7(13)9(18-17-8)19(21)22/h1-3,11H,(H,16,20)(H,17,18). The predicted molar refractivity (Wildman–Crippen MR) is 76.3 cm³/mol. The highest BCUT2D eigenvalue weighted by Gasteiger charge is 2.25. The summed E-state index contributed by atoms with van der Waals surface area (Å²) in [5, 5.41) is 17.8. The largest absolute Gasteiger partial charge is 0.433 e. The summed E-state index contributed by atoms with van der Waals surface area (Å²) < 4.78 is 28.4. The van der Waals surface area contributed by atoms with Gasteiger partial charge in [-0.2, -0.15) is 8.78 Å². The number of alkyl halides is 2. The second-order valence-corrected chi connectivity index (χ2v) is 4.75. The predicted octanol–water partition coefficient (Wildman–Crippen LogP) is 3.48. The zero-order valence-corrected chi connectivity index (χ0v) is 12.4. The van der Waals surface area contributed by atoms with Crippen LogP contribution < -0.4 is 10.1 Å². The van der Waals surface area contributed by atoms with E-state index in [9.17, 15) is 23.7 Å². The van der Waals surface area contributed by atoms with Gasteiger partial charge in [0.05, 0.1) is 5.02 Å². The number of aromatic nitrogens is 2. The number of halogens is 4. The number of hydrogen-bond donors (Lipinski definition) is 2. The van der Waals surface area contributed by atoms with Gasteiger partial charge < -0.3 is 20.2 Å². The maximum absolute atomic E-state index is 12.1. The number of rotatable bonds is 5. The lowest BCUT2D eigenvalue weighted by molar-refractivity contribution is -0.389. The van der Waals surface area contributed by atoms with Crippen molar-refractivity contribution in [2.24, 2.45) is 0 Å². The molecule has 1 heterocycles. The molecule has 0 aliphatic rings. The first-order chi connectivity index (χ1) is 10.8. The molecule has 0 radical (unpaired) electrons. The normalized spacial score (nSPS) is 10.7. The Morgan fingerprint density at radius 1 is 1.43 bits per heavy atom. The Labute approximate surface area is 136 Å². The summed E-state index contributed by atoms with van der Waals surface area (Å²) in [4.78, 5) is 21.7. The molecule has 0 unspecified atom stereocenters. The second-order valence-electron chi connectivity index (χ2n) is 3.97. The van der Waals surface area contributed by atoms with Crippen molar-refractivity contribution in [3.05, 3.63) is 44.1 Å². The number of carbonyl (C=O) groups is 1. The average Bonchev–Trinajstić information content (AvgIpc) is 2.83. The van der Waals surface area contributed by atoms with E-state index in [-0.39, 0.29) is 16.5 Å². The molecule has 0 fully saturated rings. The minimum Gasteiger partial charge on any atom is -0.433 e. The SMILES string of the molecule is O=C(Nc1ccc(OC(F)F)c(Cl)c1)c1n[nH]c([N+](=O)[O-])c1Cl. The molecule has 8 nitrogen and oxygen atoms in total. The highest BCUT2D eigenvalue weighted by atomic mass is 35.5. The molecule has 23 heavy (non-hydrogen) atoms. The molecule has 0 aliphatic heterocycles. The number of H-pyrrole nitrogens is 1. The average molecular weight is 367 g/mol. The van der Waals surface area contributed by atoms with E-state index in [1.165, 1.54) is 6.07 Å². The number of nitro groups is 1. The van der Waals surface area contributed by atoms with Crippen LogP contribution in [0.25, 0.3) is 0 Å². The molecule has 12 heteroatoms. The van der Waals surface area contributed by atoms with Crippen molar-refractivity contribution < 1.29 is 23.2 Å². The van der Waals surface area contributed by atoms with Crippen LogP contribution in [0.15, 0.2) is 18.2 Å². The van der Waals surface area contributed by atoms with Gasteiger partial charge in [-0.1, -0.05) is 28.3 Å². The van der Waals surface area contributed by atoms with E-state index in [0.717, 1.165) is 12.1 Å². The van der Waals surface area contributed by atoms with Gasteiger partial charge in [0.15, 0.2) is 10.7 Å². The van der Waals surface area contributed by atoms with Crippen LogP contribution in [0.4, 0.5) is 20.3 Å². The van der Waals surface area contributed by atoms with Crippen molar-refractivity contribution in [3.63, 3.8) is 0 Å². The van der Waals surface area contributed by atoms with E-state index in [1.54, 1.807) is 0 Å². The van der Waals surface area contributed by atoms with Gasteiger partial charge in [-0.3, -0.25) is 4.79 Å². The minimum atomic E-state index is -3.05. The van der Waals surface area contributed by atoms with Gasteiger partial charge >= 0.3 is 12.4 Å². The highest BCUT2D eigenvalue weighted by Crippen LogP contribution is 2.30. The Kier molecular flexibility index (Phi) is 4.96. The van der Waals surface area contributed by atoms with E-state index in [1.807, 2.05) is 5.10 Å². The number of benzene rings is 1. The molecule has 1 aromatic heterocycles. The van der Waals surface area contributed by atoms with E-state index in [4.69, 9.17) is 23.2 Å². The summed E-state index contributed by atoms with van der Waals surface area (Å²) in [6.07, 6.45) is 0. The summed E-state index contributed by atoms with van der Waals surface area (Å²) in [7, 11) is 0. The molecule has 0 spiro atoms. The number of ether oxygens (including phenoxy) is 1. The van der Waals surface area contributed by atoms with Crippen molar-refractivity contribution in [2.45, 2.75) is 6.61 Å². The number of carbonyl (C=O) groups excluding carboxylic acids is 1. The lowest BCUT2D eigenvalue weighted by atomic mass is 10.3. The van der Waals surface area contributed by atoms with Crippen molar-refractivity contribution >= 4 is 40.6 Å². The Balaban J connectivity index is 2.17. The number of amides is 1. The highest BCUT2D eigenvalue weighted by molar-refractivity contribution is 6.36. The third-order valence-electron chi connectivity index (χ3n) is 2.49. The molecular formula is C11H6Cl2F2N4O4. The Morgan fingerprint density at radius 2 is 2.13 bits per heavy atom. The summed E-state index contributed by atoms with van der Waals surface area (Å²) in [5.74, 6) is -1.75. The molecule has 122 valence electrons. The maximum Gasteiger partial charge on any atom is 0.387 e. The zero-order chi connectivity index (χ0) is 17.1. The van der Waals surface area contributed by atoms with E-state index >= 15 is 0 Å². The molecule has 0 atom stereocenters. The number of aromatic amines is 1. The lowest BCUT2D eigenvalue weighted by Crippen LogP contribution is -2.13. The first kappa shape index (κ1) is 16.9. The van der Waals surface area contributed by atoms with Crippen LogP contribution in [0, 0.1) is 10.1 Å². The molecule has 0 bridgehead atoms. The van der Waals surface area contributed by atoms with Crippen molar-refractivity contribution in [1.29, 1.82) is 0 Å². The van der Waals surface area contributed by atoms with Crippen LogP contribution in [0.1, 0.15) is 10.5 Å². The number of nitrogens with one attached hydrogen (secondary N) is 2. The minimum absolute atomic E-state index is 0.128. The third-order valence-corrected chi connectivity index (χ3v) is 3.15. The Bertz CT molecular complexity index is 768. The molecule has 2 rings (SSSR count). The first-order valence-electron chi connectivity index (χ1n) is 5.73. The second kappa shape index (κ2) is 6.75. The zero-order valence-electron chi connectivity index (χ0n) is 10.8.